The molecule has 0 aliphatic rings. The molecule has 0 rings (SSSR count). The molecular formula is AuClO4. The normalized spacial score (nSPS) is 10.0. The summed E-state index contributed by atoms with van der Waals surface area (Å²) in [7, 11) is -4.94. The Hall–Kier alpha value is 0.870. The molecule has 0 saturated heterocycles. The molecule has 4 nitrogen and oxygen atoms in total. The van der Waals surface area contributed by atoms with Crippen molar-refractivity contribution in [2.24, 2.45) is 0 Å². The Kier molecular flexibility index (Phi) is 4.91. The van der Waals surface area contributed by atoms with Crippen molar-refractivity contribution < 1.29 is 51.3 Å². The Balaban J connectivity index is 0. The molecule has 0 spiro atoms. The van der Waals surface area contributed by atoms with Crippen molar-refractivity contribution in [3.05, 3.63) is 0 Å². The predicted octanol–water partition coefficient (Wildman–Crippen LogP) is -4.76. The molecule has 0 amide bonds. The Bertz CT molecular complexity index is 23.0. The minimum absolute atomic E-state index is 0. The van der Waals surface area contributed by atoms with E-state index in [-0.39, 0.29) is 22.4 Å². The van der Waals surface area contributed by atoms with Gasteiger partial charge in [-0.2, -0.15) is 0 Å². The van der Waals surface area contributed by atoms with Crippen molar-refractivity contribution in [3.63, 3.8) is 0 Å². The summed E-state index contributed by atoms with van der Waals surface area (Å²) in [6.07, 6.45) is 0. The molecule has 6 heteroatoms. The molecule has 6 heavy (non-hydrogen) atoms. The first-order valence-corrected chi connectivity index (χ1v) is 1.85. The molecule has 42 valence electrons. The number of hydrogen-bond acceptors (Lipinski definition) is 4. The summed E-state index contributed by atoms with van der Waals surface area (Å²) >= 11 is 0. The Labute approximate surface area is 51.6 Å². The third kappa shape index (κ3) is 96.3. The van der Waals surface area contributed by atoms with Gasteiger partial charge in [0.25, 0.3) is 0 Å². The molecule has 0 unspecified atom stereocenters. The van der Waals surface area contributed by atoms with Gasteiger partial charge < -0.3 is 0 Å². The third-order valence-corrected chi connectivity index (χ3v) is 0. The van der Waals surface area contributed by atoms with Crippen LogP contribution in [0.2, 0.25) is 0 Å². The molecule has 0 aliphatic heterocycles. The minimum atomic E-state index is -4.94. The number of hydrogen-bond donors (Lipinski definition) is 0. The van der Waals surface area contributed by atoms with E-state index in [0.29, 0.717) is 0 Å². The smallest absolute Gasteiger partial charge is 0.222 e. The molecule has 0 aromatic heterocycles. The van der Waals surface area contributed by atoms with Gasteiger partial charge in [0, 0.05) is 0 Å². The Morgan fingerprint density at radius 3 is 0.833 bits per heavy atom. The van der Waals surface area contributed by atoms with E-state index >= 15 is 0 Å². The van der Waals surface area contributed by atoms with E-state index in [1.165, 1.54) is 0 Å². The Morgan fingerprint density at radius 1 is 0.833 bits per heavy atom. The molecule has 0 N–H and O–H groups in total. The molecule has 0 aliphatic carbocycles. The average Bonchev–Trinajstić information content (AvgIpc) is 0.722. The van der Waals surface area contributed by atoms with E-state index in [2.05, 4.69) is 0 Å². The van der Waals surface area contributed by atoms with Crippen LogP contribution in [-0.2, 0) is 22.4 Å². The molecule has 0 aromatic rings. The first-order valence-electron chi connectivity index (χ1n) is 0.617. The molecule has 0 fully saturated rings. The van der Waals surface area contributed by atoms with Gasteiger partial charge in [-0.25, -0.2) is 18.6 Å². The zero-order valence-electron chi connectivity index (χ0n) is 2.31. The van der Waals surface area contributed by atoms with E-state index in [0.717, 1.165) is 0 Å². The Morgan fingerprint density at radius 2 is 0.833 bits per heavy atom. The van der Waals surface area contributed by atoms with Crippen LogP contribution < -0.4 is 18.6 Å². The maximum Gasteiger partial charge on any atom is 1.00 e. The number of rotatable bonds is 0. The summed E-state index contributed by atoms with van der Waals surface area (Å²) < 4.78 is 34.0. The maximum absolute atomic E-state index is 8.49. The van der Waals surface area contributed by atoms with E-state index in [4.69, 9.17) is 18.6 Å². The van der Waals surface area contributed by atoms with Crippen LogP contribution in [0.15, 0.2) is 0 Å². The van der Waals surface area contributed by atoms with Crippen molar-refractivity contribution in [1.29, 1.82) is 0 Å². The van der Waals surface area contributed by atoms with Crippen molar-refractivity contribution in [1.82, 2.24) is 0 Å². The minimum Gasteiger partial charge on any atom is -0.222 e. The van der Waals surface area contributed by atoms with E-state index in [1.54, 1.807) is 0 Å². The van der Waals surface area contributed by atoms with Crippen LogP contribution in [0.25, 0.3) is 0 Å². The largest absolute Gasteiger partial charge is 1.00 e. The van der Waals surface area contributed by atoms with E-state index in [9.17, 15) is 0 Å². The second kappa shape index (κ2) is 2.95. The van der Waals surface area contributed by atoms with Gasteiger partial charge >= 0.3 is 22.4 Å². The third-order valence-electron chi connectivity index (χ3n) is 0. The standard InChI is InChI=1S/Au.ClHO4/c;2-1(3,4)5/h;(H,2,3,4,5)/q+1;/p-1. The SMILES string of the molecule is [Au+].[O-][Cl+3]([O-])([O-])[O-]. The molecule has 0 radical (unpaired) electrons. The van der Waals surface area contributed by atoms with Crippen molar-refractivity contribution in [2.75, 3.05) is 0 Å². The summed E-state index contributed by atoms with van der Waals surface area (Å²) in [4.78, 5) is 0. The van der Waals surface area contributed by atoms with Gasteiger partial charge in [-0.3, -0.25) is 0 Å². The summed E-state index contributed by atoms with van der Waals surface area (Å²) in [6.45, 7) is 0. The van der Waals surface area contributed by atoms with Crippen LogP contribution in [0.4, 0.5) is 0 Å². The maximum atomic E-state index is 8.49. The van der Waals surface area contributed by atoms with Gasteiger partial charge in [-0.05, 0) is 0 Å². The molecule has 0 aromatic carbocycles. The zero-order valence-corrected chi connectivity index (χ0v) is 5.23. The molecular weight excluding hydrogens is 296 g/mol. The fourth-order valence-corrected chi connectivity index (χ4v) is 0. The van der Waals surface area contributed by atoms with E-state index in [1.807, 2.05) is 0 Å². The number of halogens is 1. The first-order chi connectivity index (χ1) is 2.00. The van der Waals surface area contributed by atoms with E-state index < -0.39 is 10.2 Å². The van der Waals surface area contributed by atoms with Gasteiger partial charge in [0.2, 0.25) is 0 Å². The summed E-state index contributed by atoms with van der Waals surface area (Å²) in [5.41, 5.74) is 0. The van der Waals surface area contributed by atoms with Crippen LogP contribution in [0.3, 0.4) is 0 Å². The van der Waals surface area contributed by atoms with Crippen molar-refractivity contribution >= 4 is 0 Å². The molecule has 0 saturated carbocycles. The van der Waals surface area contributed by atoms with Gasteiger partial charge in [-0.15, -0.1) is 10.2 Å². The summed E-state index contributed by atoms with van der Waals surface area (Å²) in [5.74, 6) is 0. The fraction of sp³-hybridized carbons (Fsp3) is 0. The summed E-state index contributed by atoms with van der Waals surface area (Å²) in [6, 6.07) is 0. The first kappa shape index (κ1) is 9.98. The van der Waals surface area contributed by atoms with Crippen LogP contribution in [0, 0.1) is 10.2 Å². The predicted molar refractivity (Wildman–Crippen MR) is 0 cm³/mol. The summed E-state index contributed by atoms with van der Waals surface area (Å²) in [5, 5.41) is 0. The second-order valence-corrected chi connectivity index (χ2v) is 1.13. The van der Waals surface area contributed by atoms with Gasteiger partial charge in [-0.1, -0.05) is 0 Å². The van der Waals surface area contributed by atoms with Crippen LogP contribution >= 0.6 is 0 Å². The second-order valence-electron chi connectivity index (χ2n) is 0.378. The molecule has 0 heterocycles. The average molecular weight is 296 g/mol. The van der Waals surface area contributed by atoms with Crippen molar-refractivity contribution in [3.8, 4) is 0 Å². The van der Waals surface area contributed by atoms with Crippen LogP contribution in [0.1, 0.15) is 0 Å². The van der Waals surface area contributed by atoms with Gasteiger partial charge in [0.1, 0.15) is 0 Å². The molecule has 0 bridgehead atoms. The zero-order chi connectivity index (χ0) is 4.50. The van der Waals surface area contributed by atoms with Crippen LogP contribution in [-0.4, -0.2) is 0 Å². The van der Waals surface area contributed by atoms with Gasteiger partial charge in [0.15, 0.2) is 0 Å². The van der Waals surface area contributed by atoms with Gasteiger partial charge in [0.05, 0.1) is 0 Å². The molecule has 0 atom stereocenters. The topological polar surface area (TPSA) is 92.2 Å². The monoisotopic (exact) mass is 296 g/mol. The van der Waals surface area contributed by atoms with Crippen LogP contribution in [0.5, 0.6) is 0 Å². The van der Waals surface area contributed by atoms with Crippen molar-refractivity contribution in [2.45, 2.75) is 0 Å². The fourth-order valence-electron chi connectivity index (χ4n) is 0. The quantitative estimate of drug-likeness (QED) is 0.420.